The third kappa shape index (κ3) is 3.97. The van der Waals surface area contributed by atoms with Crippen LogP contribution < -0.4 is 4.90 Å². The zero-order chi connectivity index (χ0) is 20.7. The summed E-state index contributed by atoms with van der Waals surface area (Å²) >= 11 is 1.28. The van der Waals surface area contributed by atoms with Crippen molar-refractivity contribution in [2.45, 2.75) is 24.8 Å². The van der Waals surface area contributed by atoms with Crippen LogP contribution in [-0.4, -0.2) is 38.2 Å². The van der Waals surface area contributed by atoms with Crippen LogP contribution >= 0.6 is 11.3 Å². The summed E-state index contributed by atoms with van der Waals surface area (Å²) in [6, 6.07) is 7.20. The summed E-state index contributed by atoms with van der Waals surface area (Å²) in [5.74, 6) is 0. The molecule has 3 rings (SSSR count). The van der Waals surface area contributed by atoms with Crippen LogP contribution in [0.2, 0.25) is 0 Å². The number of allylic oxidation sites excluding steroid dienone is 1. The van der Waals surface area contributed by atoms with Crippen molar-refractivity contribution >= 4 is 32.6 Å². The minimum Gasteiger partial charge on any atom is -0.328 e. The van der Waals surface area contributed by atoms with Crippen LogP contribution in [0.4, 0.5) is 18.9 Å². The summed E-state index contributed by atoms with van der Waals surface area (Å²) in [7, 11) is -3.34. The van der Waals surface area contributed by atoms with Gasteiger partial charge in [0.25, 0.3) is 0 Å². The van der Waals surface area contributed by atoms with Crippen molar-refractivity contribution < 1.29 is 21.6 Å². The summed E-state index contributed by atoms with van der Waals surface area (Å²) < 4.78 is 61.0. The molecule has 1 aliphatic heterocycles. The maximum absolute atomic E-state index is 12.7. The van der Waals surface area contributed by atoms with E-state index in [9.17, 15) is 21.6 Å². The van der Waals surface area contributed by atoms with Crippen LogP contribution in [-0.2, 0) is 14.6 Å². The first-order valence-electron chi connectivity index (χ1n) is 8.22. The highest BCUT2D eigenvalue weighted by molar-refractivity contribution is 7.91. The molecule has 0 N–H and O–H groups in total. The Morgan fingerprint density at radius 2 is 1.93 bits per heavy atom. The fraction of sp³-hybridized carbons (Fsp3) is 0.333. The molecule has 1 aromatic carbocycles. The van der Waals surface area contributed by atoms with Crippen LogP contribution in [0.5, 0.6) is 0 Å². The van der Waals surface area contributed by atoms with Crippen LogP contribution in [0.1, 0.15) is 18.9 Å². The van der Waals surface area contributed by atoms with Crippen LogP contribution in [0, 0.1) is 0 Å². The van der Waals surface area contributed by atoms with Gasteiger partial charge in [-0.3, -0.25) is 4.99 Å². The topological polar surface area (TPSA) is 62.6 Å². The number of nitrogens with zero attached hydrogens (tertiary/aromatic N) is 3. The Morgan fingerprint density at radius 3 is 2.50 bits per heavy atom. The van der Waals surface area contributed by atoms with Gasteiger partial charge in [-0.15, -0.1) is 11.3 Å². The van der Waals surface area contributed by atoms with E-state index >= 15 is 0 Å². The number of alkyl halides is 3. The summed E-state index contributed by atoms with van der Waals surface area (Å²) in [4.78, 5) is 10.2. The number of benzene rings is 1. The second-order valence-electron chi connectivity index (χ2n) is 6.83. The molecule has 2 heterocycles. The van der Waals surface area contributed by atoms with Crippen molar-refractivity contribution in [2.24, 2.45) is 4.99 Å². The Hall–Kier alpha value is -2.20. The first-order chi connectivity index (χ1) is 12.9. The lowest BCUT2D eigenvalue weighted by molar-refractivity contribution is -0.0579. The molecule has 0 aliphatic carbocycles. The Balaban J connectivity index is 1.86. The number of hydrogen-bond acceptors (Lipinski definition) is 6. The van der Waals surface area contributed by atoms with Crippen molar-refractivity contribution in [3.63, 3.8) is 0 Å². The van der Waals surface area contributed by atoms with Gasteiger partial charge >= 0.3 is 6.18 Å². The van der Waals surface area contributed by atoms with E-state index in [1.165, 1.54) is 23.8 Å². The Kier molecular flexibility index (Phi) is 5.13. The largest absolute Gasteiger partial charge is 0.433 e. The first-order valence-corrected chi connectivity index (χ1v) is 10.9. The molecule has 1 aromatic heterocycles. The van der Waals surface area contributed by atoms with Gasteiger partial charge in [0, 0.05) is 24.3 Å². The van der Waals surface area contributed by atoms with Crippen molar-refractivity contribution in [1.82, 2.24) is 4.98 Å². The summed E-state index contributed by atoms with van der Waals surface area (Å²) in [6.45, 7) is 3.08. The van der Waals surface area contributed by atoms with Crippen LogP contribution in [0.3, 0.4) is 0 Å². The fourth-order valence-corrected chi connectivity index (χ4v) is 4.31. The van der Waals surface area contributed by atoms with Gasteiger partial charge in [-0.1, -0.05) is 12.1 Å². The average Bonchev–Trinajstić information content (AvgIpc) is 3.11. The van der Waals surface area contributed by atoms with Crippen molar-refractivity contribution in [3.8, 4) is 10.4 Å². The minimum atomic E-state index is -4.46. The number of rotatable bonds is 4. The standard InChI is InChI=1S/C18H18F3N3O2S2/c1-17(2,28(3,25)26)16-22-10-14(27-16)12-5-4-6-13(9-12)24-8-7-15(23-11-24)18(19,20)21/h4-10H,11H2,1-3H3. The lowest BCUT2D eigenvalue weighted by Crippen LogP contribution is -2.28. The molecular formula is C18H18F3N3O2S2. The van der Waals surface area contributed by atoms with E-state index in [-0.39, 0.29) is 6.67 Å². The third-order valence-electron chi connectivity index (χ3n) is 4.51. The number of anilines is 1. The van der Waals surface area contributed by atoms with Crippen LogP contribution in [0.25, 0.3) is 10.4 Å². The lowest BCUT2D eigenvalue weighted by Gasteiger charge is -2.23. The SMILES string of the molecule is CC(C)(c1ncc(-c2cccc(N3C=CC(C(F)(F)F)=NC3)c2)s1)S(C)(=O)=O. The summed E-state index contributed by atoms with van der Waals surface area (Å²) in [6.07, 6.45) is 0.608. The molecule has 0 atom stereocenters. The highest BCUT2D eigenvalue weighted by Crippen LogP contribution is 2.37. The monoisotopic (exact) mass is 429 g/mol. The fourth-order valence-electron chi connectivity index (χ4n) is 2.45. The zero-order valence-electron chi connectivity index (χ0n) is 15.4. The molecule has 28 heavy (non-hydrogen) atoms. The number of sulfone groups is 1. The van der Waals surface area contributed by atoms with Gasteiger partial charge in [0.15, 0.2) is 9.84 Å². The van der Waals surface area contributed by atoms with E-state index in [1.54, 1.807) is 37.1 Å². The van der Waals surface area contributed by atoms with Crippen molar-refractivity contribution in [1.29, 1.82) is 0 Å². The number of thiazole rings is 1. The van der Waals surface area contributed by atoms with E-state index in [0.717, 1.165) is 16.5 Å². The van der Waals surface area contributed by atoms with Gasteiger partial charge in [-0.2, -0.15) is 13.2 Å². The Bertz CT molecular complexity index is 1050. The smallest absolute Gasteiger partial charge is 0.328 e. The molecule has 150 valence electrons. The van der Waals surface area contributed by atoms with Gasteiger partial charge in [0.1, 0.15) is 22.1 Å². The summed E-state index contributed by atoms with van der Waals surface area (Å²) in [5, 5.41) is 0.479. The zero-order valence-corrected chi connectivity index (χ0v) is 17.0. The normalized spacial score (nSPS) is 15.6. The predicted molar refractivity (Wildman–Crippen MR) is 105 cm³/mol. The molecule has 0 amide bonds. The Morgan fingerprint density at radius 1 is 1.21 bits per heavy atom. The van der Waals surface area contributed by atoms with Crippen molar-refractivity contribution in [3.05, 3.63) is 47.7 Å². The van der Waals surface area contributed by atoms with E-state index in [2.05, 4.69) is 9.98 Å². The molecule has 0 spiro atoms. The molecule has 5 nitrogen and oxygen atoms in total. The average molecular weight is 429 g/mol. The van der Waals surface area contributed by atoms with E-state index in [0.29, 0.717) is 10.7 Å². The van der Waals surface area contributed by atoms with Crippen LogP contribution in [0.15, 0.2) is 47.7 Å². The number of aliphatic imine (C=N–C) groups is 1. The van der Waals surface area contributed by atoms with Gasteiger partial charge in [-0.05, 0) is 37.6 Å². The molecule has 0 saturated heterocycles. The quantitative estimate of drug-likeness (QED) is 0.724. The minimum absolute atomic E-state index is 0.135. The predicted octanol–water partition coefficient (Wildman–Crippen LogP) is 4.38. The molecule has 0 fully saturated rings. The molecule has 10 heteroatoms. The molecular weight excluding hydrogens is 411 g/mol. The third-order valence-corrected chi connectivity index (χ3v) is 8.05. The van der Waals surface area contributed by atoms with E-state index in [4.69, 9.17) is 0 Å². The summed E-state index contributed by atoms with van der Waals surface area (Å²) in [5.41, 5.74) is 0.565. The van der Waals surface area contributed by atoms with E-state index < -0.39 is 26.5 Å². The highest BCUT2D eigenvalue weighted by Gasteiger charge is 2.36. The number of halogens is 3. The second-order valence-corrected chi connectivity index (χ2v) is 10.4. The molecule has 0 saturated carbocycles. The second kappa shape index (κ2) is 7.00. The van der Waals surface area contributed by atoms with Gasteiger partial charge in [0.2, 0.25) is 0 Å². The van der Waals surface area contributed by atoms with Crippen molar-refractivity contribution in [2.75, 3.05) is 17.8 Å². The molecule has 0 radical (unpaired) electrons. The first kappa shape index (κ1) is 20.5. The maximum atomic E-state index is 12.7. The lowest BCUT2D eigenvalue weighted by atomic mass is 10.1. The number of hydrogen-bond donors (Lipinski definition) is 0. The number of aromatic nitrogens is 1. The van der Waals surface area contributed by atoms with Gasteiger partial charge in [-0.25, -0.2) is 13.4 Å². The molecule has 0 bridgehead atoms. The van der Waals surface area contributed by atoms with Gasteiger partial charge < -0.3 is 4.90 Å². The molecule has 1 aliphatic rings. The molecule has 2 aromatic rings. The van der Waals surface area contributed by atoms with Gasteiger partial charge in [0.05, 0.1) is 4.88 Å². The Labute approximate surface area is 165 Å². The van der Waals surface area contributed by atoms with E-state index in [1.807, 2.05) is 12.1 Å². The molecule has 0 unspecified atom stereocenters. The maximum Gasteiger partial charge on any atom is 0.433 e. The highest BCUT2D eigenvalue weighted by atomic mass is 32.2.